The van der Waals surface area contributed by atoms with Crippen molar-refractivity contribution < 1.29 is 43.2 Å². The van der Waals surface area contributed by atoms with Gasteiger partial charge >= 0.3 is 31.1 Å². The number of hydrogen-bond acceptors (Lipinski definition) is 5. The predicted molar refractivity (Wildman–Crippen MR) is 73.0 cm³/mol. The van der Waals surface area contributed by atoms with Crippen LogP contribution in [-0.2, 0) is 20.0 Å². The molecule has 0 unspecified atom stereocenters. The van der Waals surface area contributed by atoms with Crippen molar-refractivity contribution in [1.82, 2.24) is 4.98 Å². The molecule has 0 saturated carbocycles. The van der Waals surface area contributed by atoms with Crippen molar-refractivity contribution in [1.29, 1.82) is 0 Å². The average molecular weight is 423 g/mol. The van der Waals surface area contributed by atoms with E-state index < -0.39 is 40.6 Å². The quantitative estimate of drug-likeness (QED) is 0.698. The third-order valence-corrected chi connectivity index (χ3v) is 5.74. The highest BCUT2D eigenvalue weighted by molar-refractivity contribution is 8.11. The lowest BCUT2D eigenvalue weighted by molar-refractivity contribution is -0.0462. The Morgan fingerprint density at radius 1 is 0.917 bits per heavy atom. The van der Waals surface area contributed by atoms with E-state index in [2.05, 4.69) is 4.98 Å². The molecule has 1 aromatic rings. The maximum atomic E-state index is 12.5. The molecule has 0 aliphatic heterocycles. The van der Waals surface area contributed by atoms with Gasteiger partial charge in [0.05, 0.1) is 5.02 Å². The molecule has 0 fully saturated rings. The lowest BCUT2D eigenvalue weighted by atomic mass is 10.5. The fourth-order valence-corrected chi connectivity index (χ4v) is 3.78. The van der Waals surface area contributed by atoms with Crippen LogP contribution >= 0.6 is 11.6 Å². The predicted octanol–water partition coefficient (Wildman–Crippen LogP) is 3.27. The second kappa shape index (κ2) is 7.31. The number of halogens is 7. The molecule has 15 heteroatoms. The largest absolute Gasteiger partial charge is 0.517 e. The first kappa shape index (κ1) is 22.7. The van der Waals surface area contributed by atoms with E-state index in [0.717, 1.165) is 0 Å². The minimum Gasteiger partial charge on any atom is -0.236 e. The van der Waals surface area contributed by atoms with E-state index in [0.29, 0.717) is 12.3 Å². The van der Waals surface area contributed by atoms with Gasteiger partial charge in [-0.1, -0.05) is 25.4 Å². The van der Waals surface area contributed by atoms with Crippen molar-refractivity contribution in [3.8, 4) is 0 Å². The van der Waals surface area contributed by atoms with E-state index in [1.165, 1.54) is 0 Å². The molecule has 24 heavy (non-hydrogen) atoms. The molecule has 1 rings (SSSR count). The average Bonchev–Trinajstić information content (AvgIpc) is 2.40. The molecule has 140 valence electrons. The van der Waals surface area contributed by atoms with E-state index in [9.17, 15) is 43.2 Å². The number of anilines is 1. The first-order valence-corrected chi connectivity index (χ1v) is 8.93. The summed E-state index contributed by atoms with van der Waals surface area (Å²) < 4.78 is 118. The number of hydrogen-bond donors (Lipinski definition) is 0. The van der Waals surface area contributed by atoms with Crippen molar-refractivity contribution in [2.45, 2.75) is 24.9 Å². The molecule has 0 aliphatic rings. The third kappa shape index (κ3) is 4.42. The van der Waals surface area contributed by atoms with Crippen LogP contribution in [0.25, 0.3) is 0 Å². The van der Waals surface area contributed by atoms with Gasteiger partial charge in [-0.05, 0) is 12.1 Å². The molecule has 0 bridgehead atoms. The summed E-state index contributed by atoms with van der Waals surface area (Å²) in [5, 5.41) is -0.280. The van der Waals surface area contributed by atoms with Crippen LogP contribution in [0.2, 0.25) is 5.02 Å². The summed E-state index contributed by atoms with van der Waals surface area (Å²) in [4.78, 5) is 2.87. The molecule has 1 aromatic heterocycles. The van der Waals surface area contributed by atoms with Crippen molar-refractivity contribution in [3.05, 3.63) is 23.4 Å². The maximum Gasteiger partial charge on any atom is 0.517 e. The summed E-state index contributed by atoms with van der Waals surface area (Å²) in [7, 11) is -13.9. The number of pyridine rings is 1. The minimum atomic E-state index is -6.93. The Morgan fingerprint density at radius 3 is 1.54 bits per heavy atom. The molecule has 0 amide bonds. The SMILES string of the molecule is CC.O=S(=O)(N(c1ccc(Cl)cn1)S(=O)(=O)C(F)(F)F)C(F)(F)F. The standard InChI is InChI=1S/C7H3ClF6N2O4S2.C2H6/c8-4-1-2-5(15-3-4)16(21(17,18)6(9,10)11)22(19,20)7(12,13)14;1-2/h1-3H;1-2H3. The second-order valence-corrected chi connectivity index (χ2v) is 7.66. The molecule has 0 aliphatic carbocycles. The van der Waals surface area contributed by atoms with Crippen LogP contribution in [-0.4, -0.2) is 32.8 Å². The fourth-order valence-electron chi connectivity index (χ4n) is 1.04. The van der Waals surface area contributed by atoms with Gasteiger partial charge in [-0.25, -0.2) is 4.98 Å². The highest BCUT2D eigenvalue weighted by Gasteiger charge is 2.62. The zero-order chi connectivity index (χ0) is 19.6. The Morgan fingerprint density at radius 2 is 1.29 bits per heavy atom. The lowest BCUT2D eigenvalue weighted by Crippen LogP contribution is -2.49. The van der Waals surface area contributed by atoms with Crippen molar-refractivity contribution in [2.24, 2.45) is 0 Å². The summed E-state index contributed by atoms with van der Waals surface area (Å²) in [5.41, 5.74) is -12.6. The summed E-state index contributed by atoms with van der Waals surface area (Å²) in [6.07, 6.45) is 0.474. The Kier molecular flexibility index (Phi) is 6.92. The van der Waals surface area contributed by atoms with E-state index in [-0.39, 0.29) is 11.1 Å². The monoisotopic (exact) mass is 422 g/mol. The number of sulfonamides is 2. The van der Waals surface area contributed by atoms with Gasteiger partial charge in [0.15, 0.2) is 5.82 Å². The molecule has 0 N–H and O–H groups in total. The first-order valence-electron chi connectivity index (χ1n) is 5.67. The number of nitrogens with zero attached hydrogens (tertiary/aromatic N) is 2. The molecule has 6 nitrogen and oxygen atoms in total. The van der Waals surface area contributed by atoms with Crippen molar-refractivity contribution >= 4 is 37.5 Å². The maximum absolute atomic E-state index is 12.5. The van der Waals surface area contributed by atoms with Crippen molar-refractivity contribution in [2.75, 3.05) is 3.71 Å². The van der Waals surface area contributed by atoms with E-state index in [4.69, 9.17) is 11.6 Å². The van der Waals surface area contributed by atoms with Crippen molar-refractivity contribution in [3.63, 3.8) is 0 Å². The Hall–Kier alpha value is -1.28. The van der Waals surface area contributed by atoms with Gasteiger partial charge in [-0.3, -0.25) is 0 Å². The van der Waals surface area contributed by atoms with Crippen LogP contribution in [0.4, 0.5) is 32.2 Å². The van der Waals surface area contributed by atoms with Crippen LogP contribution in [0.5, 0.6) is 0 Å². The Labute approximate surface area is 138 Å². The van der Waals surface area contributed by atoms with Crippen LogP contribution in [0.3, 0.4) is 0 Å². The molecule has 0 atom stereocenters. The smallest absolute Gasteiger partial charge is 0.236 e. The van der Waals surface area contributed by atoms with Crippen LogP contribution in [0.1, 0.15) is 13.8 Å². The highest BCUT2D eigenvalue weighted by atomic mass is 35.5. The summed E-state index contributed by atoms with van der Waals surface area (Å²) in [6.45, 7) is 4.00. The third-order valence-electron chi connectivity index (χ3n) is 1.92. The minimum absolute atomic E-state index is 0.273. The molecular weight excluding hydrogens is 414 g/mol. The topological polar surface area (TPSA) is 84.4 Å². The van der Waals surface area contributed by atoms with Gasteiger partial charge < -0.3 is 0 Å². The van der Waals surface area contributed by atoms with Gasteiger partial charge in [0.2, 0.25) is 0 Å². The normalized spacial score (nSPS) is 13.0. The Balaban J connectivity index is 0.00000254. The molecule has 1 heterocycles. The number of aromatic nitrogens is 1. The number of alkyl halides is 6. The van der Waals surface area contributed by atoms with E-state index >= 15 is 0 Å². The van der Waals surface area contributed by atoms with Gasteiger partial charge in [0.25, 0.3) is 0 Å². The van der Waals surface area contributed by atoms with Gasteiger partial charge in [0, 0.05) is 6.20 Å². The van der Waals surface area contributed by atoms with Crippen LogP contribution < -0.4 is 3.71 Å². The van der Waals surface area contributed by atoms with Crippen LogP contribution in [0, 0.1) is 0 Å². The zero-order valence-electron chi connectivity index (χ0n) is 11.7. The second-order valence-electron chi connectivity index (χ2n) is 3.43. The zero-order valence-corrected chi connectivity index (χ0v) is 14.1. The van der Waals surface area contributed by atoms with Crippen LogP contribution in [0.15, 0.2) is 18.3 Å². The van der Waals surface area contributed by atoms with E-state index in [1.807, 2.05) is 13.8 Å². The lowest BCUT2D eigenvalue weighted by Gasteiger charge is -2.24. The summed E-state index contributed by atoms with van der Waals surface area (Å²) >= 11 is 5.30. The molecule has 0 saturated heterocycles. The summed E-state index contributed by atoms with van der Waals surface area (Å²) in [5.74, 6) is -1.64. The van der Waals surface area contributed by atoms with Gasteiger partial charge in [-0.15, -0.1) is 3.71 Å². The molecule has 0 aromatic carbocycles. The molecular formula is C9H9ClF6N2O4S2. The highest BCUT2D eigenvalue weighted by Crippen LogP contribution is 2.37. The molecule has 0 spiro atoms. The Bertz CT molecular complexity index is 715. The van der Waals surface area contributed by atoms with E-state index in [1.54, 1.807) is 0 Å². The first-order chi connectivity index (χ1) is 10.6. The fraction of sp³-hybridized carbons (Fsp3) is 0.444. The number of rotatable bonds is 3. The summed E-state index contributed by atoms with van der Waals surface area (Å²) in [6, 6.07) is 0.934. The molecule has 0 radical (unpaired) electrons. The van der Waals surface area contributed by atoms with Gasteiger partial charge in [-0.2, -0.15) is 43.2 Å². The van der Waals surface area contributed by atoms with Gasteiger partial charge in [0.1, 0.15) is 0 Å².